The number of nitrogens with one attached hydrogen (secondary N) is 1. The Labute approximate surface area is 156 Å². The molecule has 2 atom stereocenters. The normalized spacial score (nSPS) is 20.9. The zero-order valence-electron chi connectivity index (χ0n) is 14.4. The molecule has 0 aliphatic carbocycles. The molecule has 1 heterocycles. The third kappa shape index (κ3) is 4.89. The Bertz CT molecular complexity index is 929. The van der Waals surface area contributed by atoms with Crippen LogP contribution in [0.15, 0.2) is 54.6 Å². The lowest BCUT2D eigenvalue weighted by molar-refractivity contribution is -0.701. The van der Waals surface area contributed by atoms with Crippen LogP contribution in [0.2, 0.25) is 0 Å². The van der Waals surface area contributed by atoms with Crippen molar-refractivity contribution in [2.75, 3.05) is 11.5 Å². The monoisotopic (exact) mass is 390 g/mol. The summed E-state index contributed by atoms with van der Waals surface area (Å²) < 4.78 is 24.1. The SMILES string of the molecule is O=C(N[C@@H]1CS(=O)(=O)C[C@H]1[NH2+]Cc1ccccc1)c1ccc([N+](=O)[O-])cc1. The van der Waals surface area contributed by atoms with Gasteiger partial charge in [0.1, 0.15) is 18.3 Å². The van der Waals surface area contributed by atoms with Crippen molar-refractivity contribution >= 4 is 21.4 Å². The van der Waals surface area contributed by atoms with Crippen LogP contribution in [-0.4, -0.2) is 42.8 Å². The van der Waals surface area contributed by atoms with Crippen LogP contribution in [0.25, 0.3) is 0 Å². The molecule has 2 aromatic rings. The molecular formula is C18H20N3O5S+. The Morgan fingerprint density at radius 2 is 1.78 bits per heavy atom. The molecule has 1 aliphatic heterocycles. The van der Waals surface area contributed by atoms with Crippen LogP contribution in [0.5, 0.6) is 0 Å². The van der Waals surface area contributed by atoms with E-state index in [2.05, 4.69) is 5.32 Å². The van der Waals surface area contributed by atoms with E-state index in [0.717, 1.165) is 5.56 Å². The van der Waals surface area contributed by atoms with E-state index < -0.39 is 26.7 Å². The Hall–Kier alpha value is -2.78. The number of benzene rings is 2. The highest BCUT2D eigenvalue weighted by molar-refractivity contribution is 7.91. The van der Waals surface area contributed by atoms with E-state index in [1.165, 1.54) is 24.3 Å². The summed E-state index contributed by atoms with van der Waals surface area (Å²) in [6, 6.07) is 14.1. The first-order chi connectivity index (χ1) is 12.8. The van der Waals surface area contributed by atoms with E-state index in [1.807, 2.05) is 35.6 Å². The Kier molecular flexibility index (Phi) is 5.52. The van der Waals surface area contributed by atoms with E-state index in [4.69, 9.17) is 0 Å². The molecule has 2 aromatic carbocycles. The fourth-order valence-electron chi connectivity index (χ4n) is 3.14. The van der Waals surface area contributed by atoms with Gasteiger partial charge < -0.3 is 10.6 Å². The van der Waals surface area contributed by atoms with Gasteiger partial charge in [-0.25, -0.2) is 8.42 Å². The highest BCUT2D eigenvalue weighted by Crippen LogP contribution is 2.14. The highest BCUT2D eigenvalue weighted by atomic mass is 32.2. The Balaban J connectivity index is 1.67. The molecule has 142 valence electrons. The summed E-state index contributed by atoms with van der Waals surface area (Å²) >= 11 is 0. The number of nitrogens with two attached hydrogens (primary N) is 1. The second-order valence-corrected chi connectivity index (χ2v) is 8.70. The van der Waals surface area contributed by atoms with E-state index in [9.17, 15) is 23.3 Å². The number of carbonyl (C=O) groups is 1. The molecule has 3 N–H and O–H groups in total. The third-order valence-electron chi connectivity index (χ3n) is 4.55. The van der Waals surface area contributed by atoms with Gasteiger partial charge in [0.2, 0.25) is 0 Å². The molecule has 1 amide bonds. The summed E-state index contributed by atoms with van der Waals surface area (Å²) in [5.74, 6) is -0.544. The maximum absolute atomic E-state index is 12.4. The Morgan fingerprint density at radius 3 is 2.41 bits per heavy atom. The number of hydrogen-bond donors (Lipinski definition) is 2. The minimum Gasteiger partial charge on any atom is -0.342 e. The predicted octanol–water partition coefficient (Wildman–Crippen LogP) is 0.254. The minimum atomic E-state index is -3.23. The van der Waals surface area contributed by atoms with Crippen LogP contribution >= 0.6 is 0 Å². The van der Waals surface area contributed by atoms with Crippen LogP contribution in [0, 0.1) is 10.1 Å². The maximum atomic E-state index is 12.4. The van der Waals surface area contributed by atoms with Gasteiger partial charge in [0.15, 0.2) is 9.84 Å². The molecule has 1 saturated heterocycles. The van der Waals surface area contributed by atoms with Crippen molar-refractivity contribution in [3.63, 3.8) is 0 Å². The summed E-state index contributed by atoms with van der Waals surface area (Å²) in [7, 11) is -3.23. The van der Waals surface area contributed by atoms with Crippen molar-refractivity contribution < 1.29 is 23.5 Å². The number of carbonyl (C=O) groups excluding carboxylic acids is 1. The largest absolute Gasteiger partial charge is 0.342 e. The zero-order valence-corrected chi connectivity index (χ0v) is 15.3. The standard InChI is InChI=1S/C18H19N3O5S/c22-18(14-6-8-15(9-7-14)21(23)24)20-17-12-27(25,26)11-16(17)19-10-13-4-2-1-3-5-13/h1-9,16-17,19H,10-12H2,(H,20,22)/p+1/t16-,17-/m1/s1. The van der Waals surface area contributed by atoms with Crippen molar-refractivity contribution in [1.82, 2.24) is 5.32 Å². The minimum absolute atomic E-state index is 0.00500. The average Bonchev–Trinajstić information content (AvgIpc) is 2.94. The Morgan fingerprint density at radius 1 is 1.11 bits per heavy atom. The highest BCUT2D eigenvalue weighted by Gasteiger charge is 2.41. The topological polar surface area (TPSA) is 123 Å². The van der Waals surface area contributed by atoms with Gasteiger partial charge in [-0.05, 0) is 12.1 Å². The molecule has 0 unspecified atom stereocenters. The summed E-state index contributed by atoms with van der Waals surface area (Å²) in [6.45, 7) is 0.616. The van der Waals surface area contributed by atoms with Gasteiger partial charge >= 0.3 is 0 Å². The summed E-state index contributed by atoms with van der Waals surface area (Å²) in [5, 5.41) is 15.4. The van der Waals surface area contributed by atoms with Crippen LogP contribution in [0.4, 0.5) is 5.69 Å². The van der Waals surface area contributed by atoms with Crippen molar-refractivity contribution in [1.29, 1.82) is 0 Å². The number of hydrogen-bond acceptors (Lipinski definition) is 5. The van der Waals surface area contributed by atoms with Gasteiger partial charge in [-0.15, -0.1) is 0 Å². The first-order valence-electron chi connectivity index (χ1n) is 8.47. The van der Waals surface area contributed by atoms with Crippen LogP contribution < -0.4 is 10.6 Å². The number of amides is 1. The second kappa shape index (κ2) is 7.85. The average molecular weight is 390 g/mol. The first-order valence-corrected chi connectivity index (χ1v) is 10.3. The van der Waals surface area contributed by atoms with Gasteiger partial charge in [-0.3, -0.25) is 14.9 Å². The van der Waals surface area contributed by atoms with E-state index in [0.29, 0.717) is 6.54 Å². The third-order valence-corrected chi connectivity index (χ3v) is 6.31. The van der Waals surface area contributed by atoms with Crippen molar-refractivity contribution in [2.45, 2.75) is 18.6 Å². The van der Waals surface area contributed by atoms with E-state index in [1.54, 1.807) is 0 Å². The van der Waals surface area contributed by atoms with Gasteiger partial charge in [0.25, 0.3) is 11.6 Å². The first kappa shape index (κ1) is 19.0. The number of nitrogens with zero attached hydrogens (tertiary/aromatic N) is 1. The maximum Gasteiger partial charge on any atom is 0.269 e. The van der Waals surface area contributed by atoms with E-state index >= 15 is 0 Å². The molecule has 1 fully saturated rings. The molecule has 27 heavy (non-hydrogen) atoms. The lowest BCUT2D eigenvalue weighted by atomic mass is 10.1. The lowest BCUT2D eigenvalue weighted by Crippen LogP contribution is -2.92. The smallest absolute Gasteiger partial charge is 0.269 e. The summed E-state index contributed by atoms with van der Waals surface area (Å²) in [4.78, 5) is 22.6. The van der Waals surface area contributed by atoms with Crippen molar-refractivity contribution in [3.8, 4) is 0 Å². The number of rotatable bonds is 6. The number of nitro groups is 1. The molecule has 0 aromatic heterocycles. The molecule has 9 heteroatoms. The molecule has 0 spiro atoms. The molecule has 0 bridgehead atoms. The summed E-state index contributed by atoms with van der Waals surface area (Å²) in [6.07, 6.45) is 0. The van der Waals surface area contributed by atoms with Gasteiger partial charge in [-0.2, -0.15) is 0 Å². The number of sulfone groups is 1. The molecule has 3 rings (SSSR count). The van der Waals surface area contributed by atoms with Crippen LogP contribution in [0.3, 0.4) is 0 Å². The van der Waals surface area contributed by atoms with Crippen molar-refractivity contribution in [2.24, 2.45) is 0 Å². The van der Waals surface area contributed by atoms with Crippen molar-refractivity contribution in [3.05, 3.63) is 75.8 Å². The lowest BCUT2D eigenvalue weighted by Gasteiger charge is -2.18. The van der Waals surface area contributed by atoms with Crippen LogP contribution in [0.1, 0.15) is 15.9 Å². The van der Waals surface area contributed by atoms with E-state index in [-0.39, 0.29) is 28.8 Å². The molecule has 0 saturated carbocycles. The second-order valence-electron chi connectivity index (χ2n) is 6.55. The molecule has 8 nitrogen and oxygen atoms in total. The van der Waals surface area contributed by atoms with Gasteiger partial charge in [-0.1, -0.05) is 30.3 Å². The zero-order chi connectivity index (χ0) is 19.4. The fraction of sp³-hybridized carbons (Fsp3) is 0.278. The molecule has 1 aliphatic rings. The number of nitro benzene ring substituents is 1. The predicted molar refractivity (Wildman–Crippen MR) is 98.9 cm³/mol. The van der Waals surface area contributed by atoms with Gasteiger partial charge in [0, 0.05) is 23.3 Å². The van der Waals surface area contributed by atoms with Gasteiger partial charge in [0.05, 0.1) is 16.7 Å². The molecular weight excluding hydrogens is 370 g/mol. The fourth-order valence-corrected chi connectivity index (χ4v) is 5.11. The number of quaternary nitrogens is 1. The summed E-state index contributed by atoms with van der Waals surface area (Å²) in [5.41, 5.74) is 1.22. The number of non-ortho nitro benzene ring substituents is 1. The van der Waals surface area contributed by atoms with Crippen LogP contribution in [-0.2, 0) is 16.4 Å². The quantitative estimate of drug-likeness (QED) is 0.541. The molecule has 0 radical (unpaired) electrons.